The van der Waals surface area contributed by atoms with Crippen LogP contribution in [0.15, 0.2) is 22.7 Å². The summed E-state index contributed by atoms with van der Waals surface area (Å²) in [4.78, 5) is 11.7. The van der Waals surface area contributed by atoms with E-state index in [-0.39, 0.29) is 24.3 Å². The summed E-state index contributed by atoms with van der Waals surface area (Å²) in [6.07, 6.45) is 0.587. The smallest absolute Gasteiger partial charge is 0.462 e. The van der Waals surface area contributed by atoms with Crippen molar-refractivity contribution in [3.05, 3.63) is 33.8 Å². The molecule has 1 heterocycles. The van der Waals surface area contributed by atoms with Crippen LogP contribution in [0, 0.1) is 0 Å². The predicted molar refractivity (Wildman–Crippen MR) is 85.3 cm³/mol. The molecule has 0 aliphatic carbocycles. The number of ether oxygens (including phenoxy) is 1. The largest absolute Gasteiger partial charge is 0.465 e. The van der Waals surface area contributed by atoms with Gasteiger partial charge >= 0.3 is 13.1 Å². The molecule has 2 rings (SSSR count). The topological polar surface area (TPSA) is 44.8 Å². The van der Waals surface area contributed by atoms with E-state index < -0.39 is 0 Å². The third-order valence-electron chi connectivity index (χ3n) is 4.14. The third kappa shape index (κ3) is 3.33. The summed E-state index contributed by atoms with van der Waals surface area (Å²) in [6.45, 7) is 8.09. The Morgan fingerprint density at radius 3 is 2.33 bits per heavy atom. The van der Waals surface area contributed by atoms with E-state index in [9.17, 15) is 4.79 Å². The van der Waals surface area contributed by atoms with Gasteiger partial charge in [0.25, 0.3) is 0 Å². The molecule has 1 aromatic carbocycles. The molecule has 0 amide bonds. The molecule has 1 fully saturated rings. The second kappa shape index (κ2) is 5.74. The fourth-order valence-corrected chi connectivity index (χ4v) is 2.62. The Morgan fingerprint density at radius 1 is 1.24 bits per heavy atom. The molecule has 0 N–H and O–H groups in total. The van der Waals surface area contributed by atoms with E-state index >= 15 is 0 Å². The number of hydrogen-bond acceptors (Lipinski definition) is 4. The minimum absolute atomic E-state index is 0.318. The summed E-state index contributed by atoms with van der Waals surface area (Å²) >= 11 is 3.36. The van der Waals surface area contributed by atoms with E-state index in [0.29, 0.717) is 16.4 Å². The molecule has 0 unspecified atom stereocenters. The molecule has 0 saturated carbocycles. The van der Waals surface area contributed by atoms with Gasteiger partial charge in [-0.15, -0.1) is 0 Å². The first kappa shape index (κ1) is 16.5. The molecule has 1 aliphatic heterocycles. The number of methoxy groups -OCH3 is 1. The zero-order valence-electron chi connectivity index (χ0n) is 13.0. The number of benzene rings is 1. The standard InChI is InChI=1S/C15H20BBrO4/c1-14(2)15(3,4)21-16(20-14)9-10-6-7-12(17)11(8-10)13(18)19-5/h6-8H,9H2,1-5H3. The maximum absolute atomic E-state index is 11.7. The van der Waals surface area contributed by atoms with Gasteiger partial charge < -0.3 is 14.0 Å². The number of halogens is 1. The van der Waals surface area contributed by atoms with Crippen LogP contribution < -0.4 is 0 Å². The van der Waals surface area contributed by atoms with Gasteiger partial charge in [-0.25, -0.2) is 4.79 Å². The molecule has 0 spiro atoms. The highest BCUT2D eigenvalue weighted by atomic mass is 79.9. The highest BCUT2D eigenvalue weighted by molar-refractivity contribution is 9.10. The normalized spacial score (nSPS) is 19.6. The quantitative estimate of drug-likeness (QED) is 0.616. The average Bonchev–Trinajstić information content (AvgIpc) is 2.58. The van der Waals surface area contributed by atoms with E-state index in [1.165, 1.54) is 7.11 Å². The van der Waals surface area contributed by atoms with Gasteiger partial charge in [0.2, 0.25) is 0 Å². The highest BCUT2D eigenvalue weighted by Crippen LogP contribution is 2.37. The third-order valence-corrected chi connectivity index (χ3v) is 4.83. The predicted octanol–water partition coefficient (Wildman–Crippen LogP) is 3.41. The van der Waals surface area contributed by atoms with Crippen molar-refractivity contribution in [1.82, 2.24) is 0 Å². The Bertz CT molecular complexity index is 541. The highest BCUT2D eigenvalue weighted by Gasteiger charge is 2.50. The zero-order valence-corrected chi connectivity index (χ0v) is 14.6. The Hall–Kier alpha value is -0.845. The van der Waals surface area contributed by atoms with Crippen LogP contribution >= 0.6 is 15.9 Å². The molecule has 6 heteroatoms. The Kier molecular flexibility index (Phi) is 4.52. The minimum atomic E-state index is -0.363. The van der Waals surface area contributed by atoms with E-state index in [0.717, 1.165) is 5.56 Å². The van der Waals surface area contributed by atoms with Crippen LogP contribution in [-0.2, 0) is 20.4 Å². The molecule has 0 bridgehead atoms. The fourth-order valence-electron chi connectivity index (χ4n) is 2.21. The minimum Gasteiger partial charge on any atom is -0.465 e. The van der Waals surface area contributed by atoms with Gasteiger partial charge in [0.1, 0.15) is 0 Å². The van der Waals surface area contributed by atoms with Crippen molar-refractivity contribution in [2.75, 3.05) is 7.11 Å². The van der Waals surface area contributed by atoms with Crippen LogP contribution in [0.3, 0.4) is 0 Å². The van der Waals surface area contributed by atoms with Crippen LogP contribution in [-0.4, -0.2) is 31.4 Å². The average molecular weight is 355 g/mol. The van der Waals surface area contributed by atoms with E-state index in [2.05, 4.69) is 15.9 Å². The molecule has 1 aliphatic rings. The maximum Gasteiger partial charge on any atom is 0.462 e. The SMILES string of the molecule is COC(=O)c1cc(CB2OC(C)(C)C(C)(C)O2)ccc1Br. The molecule has 0 atom stereocenters. The summed E-state index contributed by atoms with van der Waals surface area (Å²) in [6, 6.07) is 5.59. The first-order valence-electron chi connectivity index (χ1n) is 6.88. The van der Waals surface area contributed by atoms with Crippen molar-refractivity contribution in [3.63, 3.8) is 0 Å². The van der Waals surface area contributed by atoms with Crippen molar-refractivity contribution < 1.29 is 18.8 Å². The molecule has 4 nitrogen and oxygen atoms in total. The van der Waals surface area contributed by atoms with Gasteiger partial charge in [-0.1, -0.05) is 6.07 Å². The summed E-state index contributed by atoms with van der Waals surface area (Å²) in [5, 5.41) is 0. The molecular formula is C15H20BBrO4. The van der Waals surface area contributed by atoms with Crippen LogP contribution in [0.1, 0.15) is 43.6 Å². The van der Waals surface area contributed by atoms with Gasteiger partial charge in [-0.2, -0.15) is 0 Å². The van der Waals surface area contributed by atoms with Crippen molar-refractivity contribution >= 4 is 29.0 Å². The maximum atomic E-state index is 11.7. The summed E-state index contributed by atoms with van der Waals surface area (Å²) in [7, 11) is 1.05. The van der Waals surface area contributed by atoms with Crippen molar-refractivity contribution in [3.8, 4) is 0 Å². The number of esters is 1. The van der Waals surface area contributed by atoms with Gasteiger partial charge in [-0.3, -0.25) is 0 Å². The van der Waals surface area contributed by atoms with Gasteiger partial charge in [0.05, 0.1) is 23.9 Å². The first-order chi connectivity index (χ1) is 9.66. The van der Waals surface area contributed by atoms with Crippen molar-refractivity contribution in [1.29, 1.82) is 0 Å². The van der Waals surface area contributed by atoms with Gasteiger partial charge in [0, 0.05) is 10.8 Å². The lowest BCUT2D eigenvalue weighted by Gasteiger charge is -2.32. The number of rotatable bonds is 3. The second-order valence-electron chi connectivity index (χ2n) is 6.20. The lowest BCUT2D eigenvalue weighted by molar-refractivity contribution is 0.00578. The summed E-state index contributed by atoms with van der Waals surface area (Å²) < 4.78 is 17.4. The molecule has 1 saturated heterocycles. The second-order valence-corrected chi connectivity index (χ2v) is 7.05. The van der Waals surface area contributed by atoms with Gasteiger partial charge in [0.15, 0.2) is 0 Å². The lowest BCUT2D eigenvalue weighted by Crippen LogP contribution is -2.41. The molecule has 114 valence electrons. The van der Waals surface area contributed by atoms with Crippen molar-refractivity contribution in [2.24, 2.45) is 0 Å². The van der Waals surface area contributed by atoms with Crippen molar-refractivity contribution in [2.45, 2.75) is 45.2 Å². The molecule has 0 radical (unpaired) electrons. The molecule has 0 aromatic heterocycles. The fraction of sp³-hybridized carbons (Fsp3) is 0.533. The molecular weight excluding hydrogens is 335 g/mol. The number of hydrogen-bond donors (Lipinski definition) is 0. The monoisotopic (exact) mass is 354 g/mol. The zero-order chi connectivity index (χ0) is 15.8. The van der Waals surface area contributed by atoms with E-state index in [1.54, 1.807) is 6.07 Å². The van der Waals surface area contributed by atoms with E-state index in [1.807, 2.05) is 39.8 Å². The van der Waals surface area contributed by atoms with Gasteiger partial charge in [-0.05, 0) is 61.3 Å². The Balaban J connectivity index is 2.17. The summed E-state index contributed by atoms with van der Waals surface area (Å²) in [5.74, 6) is -0.363. The Morgan fingerprint density at radius 2 is 1.81 bits per heavy atom. The van der Waals surface area contributed by atoms with E-state index in [4.69, 9.17) is 14.0 Å². The number of carbonyl (C=O) groups excluding carboxylic acids is 1. The van der Waals surface area contributed by atoms with Crippen LogP contribution in [0.2, 0.25) is 0 Å². The first-order valence-corrected chi connectivity index (χ1v) is 7.68. The number of carbonyl (C=O) groups is 1. The Labute approximate surface area is 134 Å². The summed E-state index contributed by atoms with van der Waals surface area (Å²) in [5.41, 5.74) is 0.778. The lowest BCUT2D eigenvalue weighted by atomic mass is 9.80. The van der Waals surface area contributed by atoms with Crippen LogP contribution in [0.4, 0.5) is 0 Å². The molecule has 1 aromatic rings. The van der Waals surface area contributed by atoms with Crippen LogP contribution in [0.25, 0.3) is 0 Å². The molecule has 21 heavy (non-hydrogen) atoms. The van der Waals surface area contributed by atoms with Crippen LogP contribution in [0.5, 0.6) is 0 Å².